The monoisotopic (exact) mass is 803 g/mol. The first-order valence-electron chi connectivity index (χ1n) is 23.7. The Hall–Kier alpha value is -0.460. The molecular formula is C48H90CaO6. The molecule has 2 atom stereocenters. The van der Waals surface area contributed by atoms with Crippen LogP contribution in [0, 0.1) is 11.8 Å². The Labute approximate surface area is 371 Å². The van der Waals surface area contributed by atoms with Gasteiger partial charge in [0.15, 0.2) is 0 Å². The molecule has 0 aliphatic rings. The van der Waals surface area contributed by atoms with Crippen LogP contribution < -0.4 is 10.2 Å². The Balaban J connectivity index is -0.000000966. The molecule has 0 amide bonds. The van der Waals surface area contributed by atoms with Crippen LogP contribution in [-0.4, -0.2) is 61.2 Å². The normalized spacial score (nSPS) is 12.0. The first kappa shape index (κ1) is 58.9. The van der Waals surface area contributed by atoms with Crippen molar-refractivity contribution in [1.82, 2.24) is 0 Å². The third-order valence-electron chi connectivity index (χ3n) is 11.1. The second-order valence-electron chi connectivity index (χ2n) is 16.4. The molecular weight excluding hydrogens is 713 g/mol. The van der Waals surface area contributed by atoms with Crippen LogP contribution in [0.2, 0.25) is 0 Å². The largest absolute Gasteiger partial charge is 2.00 e. The molecule has 0 aromatic rings. The van der Waals surface area contributed by atoms with Gasteiger partial charge in [0.1, 0.15) is 11.6 Å². The van der Waals surface area contributed by atoms with Gasteiger partial charge in [0.05, 0.1) is 23.8 Å². The minimum atomic E-state index is -1.17. The fourth-order valence-electron chi connectivity index (χ4n) is 7.35. The molecule has 320 valence electrons. The minimum absolute atomic E-state index is 0. The molecule has 55 heavy (non-hydrogen) atoms. The van der Waals surface area contributed by atoms with Gasteiger partial charge in [-0.1, -0.05) is 233 Å². The second-order valence-corrected chi connectivity index (χ2v) is 16.4. The molecule has 0 aromatic heterocycles. The molecule has 0 saturated heterocycles. The number of hydrogen-bond donors (Lipinski definition) is 0. The Bertz CT molecular complexity index is 778. The molecule has 6 nitrogen and oxygen atoms in total. The van der Waals surface area contributed by atoms with E-state index in [9.17, 15) is 29.4 Å². The van der Waals surface area contributed by atoms with Gasteiger partial charge in [-0.25, -0.2) is 0 Å². The van der Waals surface area contributed by atoms with Gasteiger partial charge in [-0.15, -0.1) is 0 Å². The van der Waals surface area contributed by atoms with E-state index in [1.165, 1.54) is 141 Å². The molecule has 0 fully saturated rings. The quantitative estimate of drug-likeness (QED) is 0.0345. The first-order valence-corrected chi connectivity index (χ1v) is 23.7. The molecule has 0 heterocycles. The molecule has 0 N–H and O–H groups in total. The Morgan fingerprint density at radius 1 is 0.309 bits per heavy atom. The number of Topliss-reactive ketones (excluding diaryl/α,β-unsaturated/α-hetero) is 2. The molecule has 0 rings (SSSR count). The van der Waals surface area contributed by atoms with E-state index in [0.717, 1.165) is 77.0 Å². The van der Waals surface area contributed by atoms with Crippen molar-refractivity contribution in [3.63, 3.8) is 0 Å². The summed E-state index contributed by atoms with van der Waals surface area (Å²) in [6, 6.07) is 0. The van der Waals surface area contributed by atoms with Crippen LogP contribution in [0.4, 0.5) is 0 Å². The van der Waals surface area contributed by atoms with Gasteiger partial charge in [-0.3, -0.25) is 9.59 Å². The van der Waals surface area contributed by atoms with Crippen molar-refractivity contribution in [2.24, 2.45) is 11.8 Å². The van der Waals surface area contributed by atoms with E-state index in [2.05, 4.69) is 27.7 Å². The number of carbonyl (C=O) groups excluding carboxylic acids is 4. The molecule has 7 heteroatoms. The van der Waals surface area contributed by atoms with Gasteiger partial charge in [-0.05, 0) is 25.7 Å². The van der Waals surface area contributed by atoms with Crippen LogP contribution in [0.15, 0.2) is 0 Å². The van der Waals surface area contributed by atoms with Gasteiger partial charge in [0.2, 0.25) is 0 Å². The number of unbranched alkanes of at least 4 members (excludes halogenated alkanes) is 30. The zero-order valence-corrected chi connectivity index (χ0v) is 39.4. The SMILES string of the molecule is CCCCCCCCCCCC(=O)C(CCCCCCCCCC)C(=O)[O-].CCCCCCCCCCCC(=O)C(CCCCCCCCCC)C(=O)[O-].[Ca+2]. The summed E-state index contributed by atoms with van der Waals surface area (Å²) in [6.07, 6.45) is 42.1. The van der Waals surface area contributed by atoms with Crippen LogP contribution in [0.3, 0.4) is 0 Å². The minimum Gasteiger partial charge on any atom is -0.549 e. The summed E-state index contributed by atoms with van der Waals surface area (Å²) in [5, 5.41) is 22.6. The van der Waals surface area contributed by atoms with Crippen molar-refractivity contribution in [1.29, 1.82) is 0 Å². The summed E-state index contributed by atoms with van der Waals surface area (Å²) < 4.78 is 0. The maximum absolute atomic E-state index is 12.2. The molecule has 0 radical (unpaired) electrons. The van der Waals surface area contributed by atoms with Crippen molar-refractivity contribution in [3.05, 3.63) is 0 Å². The predicted octanol–water partition coefficient (Wildman–Crippen LogP) is 12.4. The standard InChI is InChI=1S/2C24H46O3.Ca/c2*1-3-5-7-9-11-13-15-17-19-21-23(25)22(24(26)27)20-18-16-14-12-10-8-6-4-2;/h2*22H,3-21H2,1-2H3,(H,26,27);/q;;+2/p-2. The molecule has 0 spiro atoms. The number of hydrogen-bond acceptors (Lipinski definition) is 6. The van der Waals surface area contributed by atoms with E-state index in [1.807, 2.05) is 0 Å². The Kier molecular flexibility index (Phi) is 51.3. The Morgan fingerprint density at radius 2 is 0.491 bits per heavy atom. The zero-order chi connectivity index (χ0) is 40.3. The van der Waals surface area contributed by atoms with Gasteiger partial charge in [0, 0.05) is 12.8 Å². The van der Waals surface area contributed by atoms with Crippen LogP contribution in [0.1, 0.15) is 272 Å². The second kappa shape index (κ2) is 47.9. The van der Waals surface area contributed by atoms with Crippen molar-refractivity contribution in [2.45, 2.75) is 272 Å². The molecule has 0 aliphatic carbocycles. The summed E-state index contributed by atoms with van der Waals surface area (Å²) in [5.41, 5.74) is 0. The number of carboxylic acid groups (broad SMARTS) is 2. The van der Waals surface area contributed by atoms with E-state index >= 15 is 0 Å². The van der Waals surface area contributed by atoms with Gasteiger partial charge in [-0.2, -0.15) is 0 Å². The first-order chi connectivity index (χ1) is 26.3. The summed E-state index contributed by atoms with van der Waals surface area (Å²) >= 11 is 0. The van der Waals surface area contributed by atoms with Crippen LogP contribution in [0.5, 0.6) is 0 Å². The third kappa shape index (κ3) is 43.0. The van der Waals surface area contributed by atoms with Gasteiger partial charge in [0.25, 0.3) is 0 Å². The number of carboxylic acids is 2. The number of aliphatic carboxylic acids is 2. The maximum atomic E-state index is 12.2. The van der Waals surface area contributed by atoms with Crippen LogP contribution >= 0.6 is 0 Å². The van der Waals surface area contributed by atoms with Crippen molar-refractivity contribution < 1.29 is 29.4 Å². The van der Waals surface area contributed by atoms with E-state index in [1.54, 1.807) is 0 Å². The zero-order valence-electron chi connectivity index (χ0n) is 37.2. The molecule has 0 aromatic carbocycles. The number of rotatable bonds is 42. The van der Waals surface area contributed by atoms with Gasteiger partial charge < -0.3 is 19.8 Å². The average Bonchev–Trinajstić information content (AvgIpc) is 3.15. The molecule has 0 aliphatic heterocycles. The fraction of sp³-hybridized carbons (Fsp3) is 0.917. The Morgan fingerprint density at radius 3 is 0.691 bits per heavy atom. The third-order valence-corrected chi connectivity index (χ3v) is 11.1. The van der Waals surface area contributed by atoms with Crippen molar-refractivity contribution in [2.75, 3.05) is 0 Å². The number of ketones is 2. The smallest absolute Gasteiger partial charge is 0.549 e. The fourth-order valence-corrected chi connectivity index (χ4v) is 7.35. The average molecular weight is 803 g/mol. The summed E-state index contributed by atoms with van der Waals surface area (Å²) in [6.45, 7) is 8.88. The van der Waals surface area contributed by atoms with Gasteiger partial charge >= 0.3 is 37.7 Å². The van der Waals surface area contributed by atoms with Crippen LogP contribution in [-0.2, 0) is 19.2 Å². The molecule has 2 unspecified atom stereocenters. The predicted molar refractivity (Wildman–Crippen MR) is 231 cm³/mol. The maximum Gasteiger partial charge on any atom is 2.00 e. The van der Waals surface area contributed by atoms with Crippen LogP contribution in [0.25, 0.3) is 0 Å². The van der Waals surface area contributed by atoms with Crippen molar-refractivity contribution >= 4 is 61.2 Å². The topological polar surface area (TPSA) is 114 Å². The summed E-state index contributed by atoms with van der Waals surface area (Å²) in [4.78, 5) is 47.0. The molecule has 0 saturated carbocycles. The van der Waals surface area contributed by atoms with E-state index in [0.29, 0.717) is 25.7 Å². The molecule has 0 bridgehead atoms. The van der Waals surface area contributed by atoms with E-state index in [4.69, 9.17) is 0 Å². The summed E-state index contributed by atoms with van der Waals surface area (Å²) in [7, 11) is 0. The van der Waals surface area contributed by atoms with Crippen molar-refractivity contribution in [3.8, 4) is 0 Å². The summed E-state index contributed by atoms with van der Waals surface area (Å²) in [5.74, 6) is -4.31. The van der Waals surface area contributed by atoms with E-state index in [-0.39, 0.29) is 49.3 Å². The van der Waals surface area contributed by atoms with E-state index < -0.39 is 23.8 Å². The number of carbonyl (C=O) groups is 4.